The Morgan fingerprint density at radius 1 is 1.12 bits per heavy atom. The fourth-order valence-electron chi connectivity index (χ4n) is 2.57. The summed E-state index contributed by atoms with van der Waals surface area (Å²) >= 11 is 6.11. The molecule has 1 aromatic carbocycles. The van der Waals surface area contributed by atoms with E-state index in [1.807, 2.05) is 36.4 Å². The zero-order valence-corrected chi connectivity index (χ0v) is 14.3. The van der Waals surface area contributed by atoms with Crippen molar-refractivity contribution in [3.63, 3.8) is 0 Å². The summed E-state index contributed by atoms with van der Waals surface area (Å²) in [4.78, 5) is 13.0. The van der Waals surface area contributed by atoms with Gasteiger partial charge in [-0.1, -0.05) is 61.2 Å². The van der Waals surface area contributed by atoms with E-state index in [1.54, 1.807) is 18.3 Å². The van der Waals surface area contributed by atoms with E-state index < -0.39 is 6.04 Å². The van der Waals surface area contributed by atoms with Crippen LogP contribution >= 0.6 is 11.6 Å². The minimum atomic E-state index is -0.473. The fraction of sp³-hybridized carbons (Fsp3) is 0.0500. The minimum absolute atomic E-state index is 0.305. The van der Waals surface area contributed by atoms with Gasteiger partial charge in [-0.15, -0.1) is 0 Å². The summed E-state index contributed by atoms with van der Waals surface area (Å²) in [6.45, 7) is 7.55. The van der Waals surface area contributed by atoms with Crippen molar-refractivity contribution in [2.24, 2.45) is 5.73 Å². The van der Waals surface area contributed by atoms with Gasteiger partial charge in [0.25, 0.3) is 0 Å². The molecule has 0 saturated heterocycles. The average Bonchev–Trinajstić information content (AvgIpc) is 2.65. The molecule has 0 saturated carbocycles. The van der Waals surface area contributed by atoms with E-state index in [9.17, 15) is 0 Å². The molecule has 124 valence electrons. The number of nitrogens with two attached hydrogens (primary N) is 1. The first-order chi connectivity index (χ1) is 12.1. The van der Waals surface area contributed by atoms with Crippen molar-refractivity contribution in [1.29, 1.82) is 0 Å². The molecule has 1 unspecified atom stereocenters. The SMILES string of the molecule is C=C/C=C(\C=C)c1ccc2ccc(C(N)c3nccnc3Cl)cc2n1. The topological polar surface area (TPSA) is 64.7 Å². The molecule has 1 atom stereocenters. The Labute approximate surface area is 151 Å². The first kappa shape index (κ1) is 17.0. The maximum absolute atomic E-state index is 6.32. The van der Waals surface area contributed by atoms with Crippen LogP contribution in [-0.2, 0) is 0 Å². The van der Waals surface area contributed by atoms with E-state index in [0.717, 1.165) is 27.7 Å². The van der Waals surface area contributed by atoms with Gasteiger partial charge in [-0.3, -0.25) is 4.98 Å². The lowest BCUT2D eigenvalue weighted by molar-refractivity contribution is 0.819. The molecule has 2 aromatic heterocycles. The average molecular weight is 349 g/mol. The van der Waals surface area contributed by atoms with Crippen LogP contribution in [0, 0.1) is 0 Å². The molecule has 0 spiro atoms. The monoisotopic (exact) mass is 348 g/mol. The summed E-state index contributed by atoms with van der Waals surface area (Å²) in [6, 6.07) is 9.38. The molecule has 2 heterocycles. The van der Waals surface area contributed by atoms with Gasteiger partial charge >= 0.3 is 0 Å². The molecule has 0 aliphatic heterocycles. The van der Waals surface area contributed by atoms with Crippen molar-refractivity contribution in [1.82, 2.24) is 15.0 Å². The first-order valence-corrected chi connectivity index (χ1v) is 8.10. The van der Waals surface area contributed by atoms with Crippen molar-refractivity contribution < 1.29 is 0 Å². The number of rotatable bonds is 5. The maximum atomic E-state index is 6.32. The summed E-state index contributed by atoms with van der Waals surface area (Å²) < 4.78 is 0. The highest BCUT2D eigenvalue weighted by Crippen LogP contribution is 2.26. The molecule has 5 heteroatoms. The molecular formula is C20H17ClN4. The smallest absolute Gasteiger partial charge is 0.152 e. The van der Waals surface area contributed by atoms with E-state index in [0.29, 0.717) is 10.8 Å². The maximum Gasteiger partial charge on any atom is 0.152 e. The third-order valence-electron chi connectivity index (χ3n) is 3.86. The van der Waals surface area contributed by atoms with Crippen LogP contribution in [-0.4, -0.2) is 15.0 Å². The molecule has 0 fully saturated rings. The molecule has 0 aliphatic rings. The van der Waals surface area contributed by atoms with Gasteiger partial charge in [-0.2, -0.15) is 0 Å². The predicted octanol–water partition coefficient (Wildman–Crippen LogP) is 4.48. The van der Waals surface area contributed by atoms with Gasteiger partial charge in [-0.25, -0.2) is 9.97 Å². The lowest BCUT2D eigenvalue weighted by atomic mass is 10.0. The predicted molar refractivity (Wildman–Crippen MR) is 103 cm³/mol. The Balaban J connectivity index is 2.07. The molecule has 0 bridgehead atoms. The minimum Gasteiger partial charge on any atom is -0.319 e. The number of pyridine rings is 1. The standard InChI is InChI=1S/C20H17ClN4/c1-3-5-13(4-2)16-9-8-14-6-7-15(12-17(14)25-16)18(22)19-20(21)24-11-10-23-19/h3-12,18H,1-2,22H2/b13-5+. The highest BCUT2D eigenvalue weighted by molar-refractivity contribution is 6.30. The number of allylic oxidation sites excluding steroid dienone is 4. The molecule has 0 aliphatic carbocycles. The Morgan fingerprint density at radius 3 is 2.60 bits per heavy atom. The normalized spacial score (nSPS) is 12.8. The highest BCUT2D eigenvalue weighted by Gasteiger charge is 2.15. The van der Waals surface area contributed by atoms with Gasteiger partial charge in [-0.05, 0) is 23.3 Å². The van der Waals surface area contributed by atoms with Crippen LogP contribution in [0.1, 0.15) is 23.0 Å². The number of hydrogen-bond donors (Lipinski definition) is 1. The van der Waals surface area contributed by atoms with Crippen LogP contribution in [0.4, 0.5) is 0 Å². The van der Waals surface area contributed by atoms with Crippen LogP contribution < -0.4 is 5.73 Å². The van der Waals surface area contributed by atoms with E-state index in [2.05, 4.69) is 23.1 Å². The Bertz CT molecular complexity index is 978. The van der Waals surface area contributed by atoms with Crippen LogP contribution in [0.2, 0.25) is 5.15 Å². The van der Waals surface area contributed by atoms with Crippen molar-refractivity contribution in [3.8, 4) is 0 Å². The number of nitrogens with zero attached hydrogens (tertiary/aromatic N) is 3. The van der Waals surface area contributed by atoms with E-state index in [4.69, 9.17) is 22.3 Å². The van der Waals surface area contributed by atoms with Crippen molar-refractivity contribution >= 4 is 28.1 Å². The van der Waals surface area contributed by atoms with Gasteiger partial charge in [0.2, 0.25) is 0 Å². The Kier molecular flexibility index (Phi) is 5.03. The molecule has 0 amide bonds. The van der Waals surface area contributed by atoms with Crippen molar-refractivity contribution in [2.45, 2.75) is 6.04 Å². The van der Waals surface area contributed by atoms with E-state index in [1.165, 1.54) is 6.20 Å². The van der Waals surface area contributed by atoms with Gasteiger partial charge in [0.15, 0.2) is 5.15 Å². The molecule has 4 nitrogen and oxygen atoms in total. The number of hydrogen-bond acceptors (Lipinski definition) is 4. The van der Waals surface area contributed by atoms with Crippen LogP contribution in [0.3, 0.4) is 0 Å². The van der Waals surface area contributed by atoms with E-state index in [-0.39, 0.29) is 0 Å². The summed E-state index contributed by atoms with van der Waals surface area (Å²) in [5.74, 6) is 0. The van der Waals surface area contributed by atoms with E-state index >= 15 is 0 Å². The van der Waals surface area contributed by atoms with Gasteiger partial charge in [0.05, 0.1) is 22.9 Å². The molecular weight excluding hydrogens is 332 g/mol. The first-order valence-electron chi connectivity index (χ1n) is 7.72. The molecule has 25 heavy (non-hydrogen) atoms. The van der Waals surface area contributed by atoms with Crippen molar-refractivity contribution in [2.75, 3.05) is 0 Å². The quantitative estimate of drug-likeness (QED) is 0.690. The fourth-order valence-corrected chi connectivity index (χ4v) is 2.79. The van der Waals surface area contributed by atoms with Crippen LogP contribution in [0.15, 0.2) is 74.1 Å². The Hall–Kier alpha value is -2.82. The lowest BCUT2D eigenvalue weighted by Crippen LogP contribution is -2.14. The second-order valence-corrected chi connectivity index (χ2v) is 5.78. The van der Waals surface area contributed by atoms with Crippen molar-refractivity contribution in [3.05, 3.63) is 96.2 Å². The Morgan fingerprint density at radius 2 is 1.88 bits per heavy atom. The zero-order valence-electron chi connectivity index (χ0n) is 13.6. The second kappa shape index (κ2) is 7.38. The summed E-state index contributed by atoms with van der Waals surface area (Å²) in [7, 11) is 0. The second-order valence-electron chi connectivity index (χ2n) is 5.42. The van der Waals surface area contributed by atoms with Crippen LogP contribution in [0.25, 0.3) is 16.5 Å². The largest absolute Gasteiger partial charge is 0.319 e. The van der Waals surface area contributed by atoms with Crippen LogP contribution in [0.5, 0.6) is 0 Å². The third-order valence-corrected chi connectivity index (χ3v) is 4.15. The number of fused-ring (bicyclic) bond motifs is 1. The zero-order chi connectivity index (χ0) is 17.8. The summed E-state index contributed by atoms with van der Waals surface area (Å²) in [5.41, 5.74) is 10.3. The summed E-state index contributed by atoms with van der Waals surface area (Å²) in [5, 5.41) is 1.33. The number of benzene rings is 1. The molecule has 2 N–H and O–H groups in total. The highest BCUT2D eigenvalue weighted by atomic mass is 35.5. The number of halogens is 1. The molecule has 3 rings (SSSR count). The van der Waals surface area contributed by atoms with Gasteiger partial charge < -0.3 is 5.73 Å². The summed E-state index contributed by atoms with van der Waals surface area (Å²) in [6.07, 6.45) is 8.45. The molecule has 3 aromatic rings. The number of aromatic nitrogens is 3. The van der Waals surface area contributed by atoms with Gasteiger partial charge in [0, 0.05) is 17.8 Å². The third kappa shape index (κ3) is 3.50. The van der Waals surface area contributed by atoms with Gasteiger partial charge in [0.1, 0.15) is 0 Å². The molecule has 0 radical (unpaired) electrons. The lowest BCUT2D eigenvalue weighted by Gasteiger charge is -2.13.